The normalized spacial score (nSPS) is 16.3. The molecule has 1 heterocycles. The Morgan fingerprint density at radius 1 is 0.977 bits per heavy atom. The second-order valence-corrected chi connectivity index (χ2v) is 13.3. The molecular weight excluding hydrogens is 630 g/mol. The number of amides is 3. The van der Waals surface area contributed by atoms with Crippen molar-refractivity contribution >= 4 is 28.8 Å². The fourth-order valence-electron chi connectivity index (χ4n) is 5.07. The van der Waals surface area contributed by atoms with Crippen LogP contribution in [0.2, 0.25) is 0 Å². The average molecular weight is 666 g/mol. The third kappa shape index (κ3) is 11.3. The fourth-order valence-corrected chi connectivity index (χ4v) is 6.26. The summed E-state index contributed by atoms with van der Waals surface area (Å²) in [5.74, 6) is -6.07. The molecule has 0 radical (unpaired) electrons. The first-order valence-electron chi connectivity index (χ1n) is 13.9. The van der Waals surface area contributed by atoms with Crippen molar-refractivity contribution in [3.63, 3.8) is 0 Å². The zero-order chi connectivity index (χ0) is 33.5. The lowest BCUT2D eigenvalue weighted by atomic mass is 9.75. The summed E-state index contributed by atoms with van der Waals surface area (Å²) in [5.41, 5.74) is -2.77. The second kappa shape index (κ2) is 15.1. The number of unbranched alkanes of at least 4 members (excludes halogenated alkanes) is 2. The van der Waals surface area contributed by atoms with Crippen molar-refractivity contribution in [2.75, 3.05) is 24.6 Å². The molecule has 0 aliphatic carbocycles. The Kier molecular flexibility index (Phi) is 12.8. The van der Waals surface area contributed by atoms with E-state index >= 15 is 0 Å². The summed E-state index contributed by atoms with van der Waals surface area (Å²) in [5, 5.41) is 13.3. The van der Waals surface area contributed by atoms with E-state index in [0.717, 1.165) is 12.1 Å². The molecule has 1 aromatic carbocycles. The van der Waals surface area contributed by atoms with Gasteiger partial charge in [-0.2, -0.15) is 35.1 Å². The molecule has 3 amide bonds. The zero-order valence-corrected chi connectivity index (χ0v) is 25.0. The summed E-state index contributed by atoms with van der Waals surface area (Å²) in [6, 6.07) is 2.17. The van der Waals surface area contributed by atoms with Gasteiger partial charge in [-0.15, -0.1) is 0 Å². The Balaban J connectivity index is 2.00. The molecule has 1 aliphatic rings. The number of imide groups is 1. The van der Waals surface area contributed by atoms with Crippen LogP contribution in [0.1, 0.15) is 82.3 Å². The van der Waals surface area contributed by atoms with E-state index in [1.807, 2.05) is 13.8 Å². The first-order chi connectivity index (χ1) is 20.1. The predicted octanol–water partition coefficient (Wildman–Crippen LogP) is 7.34. The van der Waals surface area contributed by atoms with Gasteiger partial charge in [0, 0.05) is 19.0 Å². The molecule has 0 aromatic heterocycles. The number of nitro benzene ring substituents is 1. The number of rotatable bonds is 17. The molecule has 2 atom stereocenters. The lowest BCUT2D eigenvalue weighted by Gasteiger charge is -2.31. The van der Waals surface area contributed by atoms with Crippen molar-refractivity contribution in [1.29, 1.82) is 0 Å². The molecule has 17 heteroatoms. The molecule has 0 bridgehead atoms. The summed E-state index contributed by atoms with van der Waals surface area (Å²) in [6.45, 7) is 3.61. The van der Waals surface area contributed by atoms with Gasteiger partial charge in [-0.05, 0) is 61.5 Å². The number of benzene rings is 1. The molecule has 1 aliphatic heterocycles. The molecule has 8 nitrogen and oxygen atoms in total. The molecule has 1 saturated heterocycles. The van der Waals surface area contributed by atoms with Gasteiger partial charge in [-0.3, -0.25) is 20.2 Å². The smallest absolute Gasteiger partial charge is 0.453 e. The quantitative estimate of drug-likeness (QED) is 0.0467. The molecule has 2 rings (SSSR count). The van der Waals surface area contributed by atoms with E-state index in [4.69, 9.17) is 0 Å². The minimum Gasteiger partial charge on any atom is -0.616 e. The van der Waals surface area contributed by atoms with Gasteiger partial charge in [0.2, 0.25) is 5.91 Å². The van der Waals surface area contributed by atoms with Crippen LogP contribution in [0, 0.1) is 15.5 Å². The lowest BCUT2D eigenvalue weighted by Crippen LogP contribution is -2.36. The van der Waals surface area contributed by atoms with Gasteiger partial charge >= 0.3 is 24.3 Å². The highest BCUT2D eigenvalue weighted by Gasteiger charge is 2.56. The molecule has 0 saturated carbocycles. The van der Waals surface area contributed by atoms with Crippen LogP contribution < -0.4 is 5.32 Å². The van der Waals surface area contributed by atoms with Gasteiger partial charge in [-0.25, -0.2) is 4.79 Å². The maximum absolute atomic E-state index is 13.7. The van der Waals surface area contributed by atoms with Crippen molar-refractivity contribution < 1.29 is 54.2 Å². The maximum Gasteiger partial charge on any atom is 0.453 e. The van der Waals surface area contributed by atoms with Crippen LogP contribution in [0.5, 0.6) is 0 Å². The van der Waals surface area contributed by atoms with Crippen molar-refractivity contribution in [3.05, 3.63) is 39.4 Å². The number of nitro groups is 1. The summed E-state index contributed by atoms with van der Waals surface area (Å²) in [7, 11) is 0. The van der Waals surface area contributed by atoms with Gasteiger partial charge in [0.1, 0.15) is 23.6 Å². The summed E-state index contributed by atoms with van der Waals surface area (Å²) < 4.78 is 116. The number of carbonyl (C=O) groups is 2. The zero-order valence-electron chi connectivity index (χ0n) is 24.2. The molecule has 1 fully saturated rings. The molecule has 1 N–H and O–H groups in total. The minimum absolute atomic E-state index is 0.0530. The molecule has 1 aromatic rings. The highest BCUT2D eigenvalue weighted by atomic mass is 32.2. The molecule has 2 unspecified atom stereocenters. The summed E-state index contributed by atoms with van der Waals surface area (Å²) >= 11 is -1.57. The third-order valence-electron chi connectivity index (χ3n) is 7.41. The minimum atomic E-state index is -5.65. The van der Waals surface area contributed by atoms with E-state index in [2.05, 4.69) is 5.32 Å². The van der Waals surface area contributed by atoms with Crippen LogP contribution >= 0.6 is 0 Å². The number of hydrogen-bond acceptors (Lipinski definition) is 5. The number of carbonyl (C=O) groups excluding carboxylic acids is 2. The van der Waals surface area contributed by atoms with Crippen molar-refractivity contribution in [3.8, 4) is 0 Å². The van der Waals surface area contributed by atoms with Crippen LogP contribution in [-0.2, 0) is 22.1 Å². The highest BCUT2D eigenvalue weighted by molar-refractivity contribution is 7.91. The number of urea groups is 1. The predicted molar refractivity (Wildman–Crippen MR) is 146 cm³/mol. The molecule has 44 heavy (non-hydrogen) atoms. The van der Waals surface area contributed by atoms with Gasteiger partial charge < -0.3 is 9.45 Å². The monoisotopic (exact) mass is 665 g/mol. The first kappa shape index (κ1) is 37.5. The molecular formula is C27H35F8N3O5S. The van der Waals surface area contributed by atoms with E-state index in [-0.39, 0.29) is 36.6 Å². The summed E-state index contributed by atoms with van der Waals surface area (Å²) in [6.07, 6.45) is -9.97. The van der Waals surface area contributed by atoms with Crippen LogP contribution in [0.4, 0.5) is 45.6 Å². The van der Waals surface area contributed by atoms with E-state index in [1.165, 1.54) is 11.0 Å². The fraction of sp³-hybridized carbons (Fsp3) is 0.704. The van der Waals surface area contributed by atoms with Crippen molar-refractivity contribution in [1.82, 2.24) is 10.2 Å². The number of hydrogen-bond donors (Lipinski definition) is 1. The van der Waals surface area contributed by atoms with Crippen LogP contribution in [0.25, 0.3) is 0 Å². The van der Waals surface area contributed by atoms with Crippen LogP contribution in [0.3, 0.4) is 0 Å². The van der Waals surface area contributed by atoms with Crippen LogP contribution in [-0.4, -0.2) is 63.0 Å². The highest BCUT2D eigenvalue weighted by Crippen LogP contribution is 2.42. The number of halogens is 8. The van der Waals surface area contributed by atoms with E-state index in [1.54, 1.807) is 0 Å². The largest absolute Gasteiger partial charge is 0.616 e. The Morgan fingerprint density at radius 3 is 2.16 bits per heavy atom. The van der Waals surface area contributed by atoms with E-state index in [9.17, 15) is 59.4 Å². The number of nitrogens with zero attached hydrogens (tertiary/aromatic N) is 2. The van der Waals surface area contributed by atoms with Crippen molar-refractivity contribution in [2.45, 2.75) is 89.4 Å². The second-order valence-electron chi connectivity index (χ2n) is 11.6. The van der Waals surface area contributed by atoms with E-state index in [0.29, 0.717) is 32.1 Å². The molecule has 0 spiro atoms. The first-order valence-corrected chi connectivity index (χ1v) is 15.4. The maximum atomic E-state index is 13.7. The van der Waals surface area contributed by atoms with Gasteiger partial charge in [0.25, 0.3) is 5.69 Å². The van der Waals surface area contributed by atoms with Gasteiger partial charge in [0.05, 0.1) is 4.92 Å². The van der Waals surface area contributed by atoms with Crippen LogP contribution in [0.15, 0.2) is 18.2 Å². The van der Waals surface area contributed by atoms with E-state index < -0.39 is 81.7 Å². The Labute approximate surface area is 252 Å². The van der Waals surface area contributed by atoms with Gasteiger partial charge in [-0.1, -0.05) is 37.5 Å². The molecule has 250 valence electrons. The lowest BCUT2D eigenvalue weighted by molar-refractivity contribution is -0.388. The topological polar surface area (TPSA) is 116 Å². The average Bonchev–Trinajstić information content (AvgIpc) is 3.20. The SMILES string of the molecule is CC(C)(CCCCC[S+]([O-])CCCC(F)(F)C(F)(F)F)CC(CCN1CC(=O)NC1=O)c1ccc([N+](=O)[O-])c(C(F)(F)F)c1. The third-order valence-corrected chi connectivity index (χ3v) is 8.90. The Bertz CT molecular complexity index is 1160. The number of alkyl halides is 8. The number of nitrogens with one attached hydrogen (secondary N) is 1. The van der Waals surface area contributed by atoms with Gasteiger partial charge in [0.15, 0.2) is 0 Å². The standard InChI is InChI=1S/C27H35F8N3O5S/c1-24(2,10-4-3-5-13-44(43)14-6-11-25(28,29)27(33,34)35)16-19(9-12-37-17-22(39)36-23(37)40)18-7-8-21(38(41)42)20(15-18)26(30,31)32/h7-8,15,19H,3-6,9-14,16-17H2,1-2H3,(H,36,39,40). The Morgan fingerprint density at radius 2 is 1.61 bits per heavy atom. The van der Waals surface area contributed by atoms with Crippen molar-refractivity contribution in [2.24, 2.45) is 5.41 Å². The Hall–Kier alpha value is -2.69. The summed E-state index contributed by atoms with van der Waals surface area (Å²) in [4.78, 5) is 34.9.